The van der Waals surface area contributed by atoms with E-state index in [-0.39, 0.29) is 23.6 Å². The van der Waals surface area contributed by atoms with Crippen molar-refractivity contribution in [2.24, 2.45) is 0 Å². The van der Waals surface area contributed by atoms with Gasteiger partial charge in [-0.1, -0.05) is 94.9 Å². The molecule has 16 heteroatoms. The predicted octanol–water partition coefficient (Wildman–Crippen LogP) is 10.4. The molecule has 8 rings (SSSR count). The van der Waals surface area contributed by atoms with Gasteiger partial charge in [0, 0.05) is 19.8 Å². The van der Waals surface area contributed by atoms with E-state index in [1.54, 1.807) is 54.6 Å². The highest BCUT2D eigenvalue weighted by Gasteiger charge is 2.45. The summed E-state index contributed by atoms with van der Waals surface area (Å²) in [6.45, 7) is 0. The molecule has 0 spiro atoms. The van der Waals surface area contributed by atoms with Gasteiger partial charge in [-0.25, -0.2) is 10.0 Å². The summed E-state index contributed by atoms with van der Waals surface area (Å²) >= 11 is 30.0. The number of thiophene rings is 2. The van der Waals surface area contributed by atoms with Gasteiger partial charge in [-0.2, -0.15) is 22.7 Å². The maximum atomic E-state index is 13.2. The normalized spacial score (nSPS) is 17.6. The summed E-state index contributed by atoms with van der Waals surface area (Å²) in [6, 6.07) is 31.9. The first-order chi connectivity index (χ1) is 27.1. The molecule has 284 valence electrons. The van der Waals surface area contributed by atoms with Crippen molar-refractivity contribution in [1.82, 2.24) is 20.9 Å². The third-order valence-electron chi connectivity index (χ3n) is 8.61. The molecule has 4 aromatic carbocycles. The zero-order valence-electron chi connectivity index (χ0n) is 28.7. The van der Waals surface area contributed by atoms with Crippen molar-refractivity contribution in [2.75, 3.05) is 0 Å². The average molecular weight is 899 g/mol. The lowest BCUT2D eigenvalue weighted by atomic mass is 10.0. The third-order valence-corrected chi connectivity index (χ3v) is 13.9. The van der Waals surface area contributed by atoms with Crippen LogP contribution in [-0.2, 0) is 19.2 Å². The molecule has 0 saturated carbocycles. The molecule has 0 radical (unpaired) electrons. The second kappa shape index (κ2) is 18.1. The molecule has 0 aliphatic carbocycles. The summed E-state index contributed by atoms with van der Waals surface area (Å²) in [5.74, 6) is -1.34. The molecular weight excluding hydrogens is 871 g/mol. The summed E-state index contributed by atoms with van der Waals surface area (Å²) in [4.78, 5) is 53.0. The van der Waals surface area contributed by atoms with Crippen LogP contribution in [0.2, 0.25) is 20.1 Å². The van der Waals surface area contributed by atoms with E-state index in [2.05, 4.69) is 10.9 Å². The molecule has 56 heavy (non-hydrogen) atoms. The quantitative estimate of drug-likeness (QED) is 0.133. The molecule has 2 saturated heterocycles. The maximum Gasteiger partial charge on any atom is 0.265 e. The summed E-state index contributed by atoms with van der Waals surface area (Å²) in [6.07, 6.45) is 0. The molecule has 4 atom stereocenters. The SMILES string of the molecule is O=C1NN(C(c2ccc(Cl)cc2)c2ccsc2)C(=O)C1Sc1ccccc1Cl.O=C1NN(C(c2ccsc2)c2cccc(Cl)c2)C(=O)C1Sc1ccccc1Cl. The molecule has 2 aliphatic heterocycles. The van der Waals surface area contributed by atoms with Crippen LogP contribution in [0, 0.1) is 0 Å². The minimum Gasteiger partial charge on any atom is -0.271 e. The van der Waals surface area contributed by atoms with Gasteiger partial charge in [0.1, 0.15) is 12.1 Å². The van der Waals surface area contributed by atoms with Crippen molar-refractivity contribution in [3.8, 4) is 0 Å². The van der Waals surface area contributed by atoms with Gasteiger partial charge >= 0.3 is 0 Å². The fourth-order valence-electron chi connectivity index (χ4n) is 6.03. The highest BCUT2D eigenvalue weighted by atomic mass is 35.5. The topological polar surface area (TPSA) is 98.8 Å². The van der Waals surface area contributed by atoms with Crippen LogP contribution in [0.15, 0.2) is 141 Å². The Bertz CT molecular complexity index is 2370. The van der Waals surface area contributed by atoms with Crippen LogP contribution in [0.1, 0.15) is 34.3 Å². The molecule has 8 nitrogen and oxygen atoms in total. The smallest absolute Gasteiger partial charge is 0.265 e. The molecule has 4 amide bonds. The fourth-order valence-corrected chi connectivity index (χ4v) is 10.2. The zero-order valence-corrected chi connectivity index (χ0v) is 35.0. The number of nitrogens with zero attached hydrogens (tertiary/aromatic N) is 2. The number of amides is 4. The van der Waals surface area contributed by atoms with E-state index in [9.17, 15) is 19.2 Å². The van der Waals surface area contributed by atoms with Crippen molar-refractivity contribution in [3.63, 3.8) is 0 Å². The molecule has 0 bridgehead atoms. The van der Waals surface area contributed by atoms with Gasteiger partial charge in [-0.15, -0.1) is 23.5 Å². The Hall–Kier alpha value is -3.98. The van der Waals surface area contributed by atoms with Gasteiger partial charge in [0.25, 0.3) is 23.6 Å². The Labute approximate surface area is 359 Å². The summed E-state index contributed by atoms with van der Waals surface area (Å²) < 4.78 is 0. The summed E-state index contributed by atoms with van der Waals surface area (Å²) in [5, 5.41) is 11.0. The second-order valence-corrected chi connectivity index (χ2v) is 17.8. The van der Waals surface area contributed by atoms with E-state index >= 15 is 0 Å². The summed E-state index contributed by atoms with van der Waals surface area (Å²) in [7, 11) is 0. The number of carbonyl (C=O) groups is 4. The van der Waals surface area contributed by atoms with Crippen LogP contribution in [-0.4, -0.2) is 44.1 Å². The number of hydrogen-bond donors (Lipinski definition) is 2. The maximum absolute atomic E-state index is 13.2. The highest BCUT2D eigenvalue weighted by Crippen LogP contribution is 2.39. The van der Waals surface area contributed by atoms with Gasteiger partial charge in [-0.05, 0) is 104 Å². The van der Waals surface area contributed by atoms with Crippen molar-refractivity contribution in [2.45, 2.75) is 32.4 Å². The van der Waals surface area contributed by atoms with E-state index in [0.717, 1.165) is 45.8 Å². The molecule has 4 unspecified atom stereocenters. The van der Waals surface area contributed by atoms with Crippen LogP contribution in [0.3, 0.4) is 0 Å². The largest absolute Gasteiger partial charge is 0.271 e. The number of hydrazine groups is 2. The molecule has 6 aromatic rings. The van der Waals surface area contributed by atoms with Crippen molar-refractivity contribution in [3.05, 3.63) is 173 Å². The van der Waals surface area contributed by atoms with E-state index < -0.39 is 22.6 Å². The van der Waals surface area contributed by atoms with Gasteiger partial charge in [0.2, 0.25) is 0 Å². The third kappa shape index (κ3) is 8.93. The minimum absolute atomic E-state index is 0.305. The van der Waals surface area contributed by atoms with Crippen molar-refractivity contribution in [1.29, 1.82) is 0 Å². The highest BCUT2D eigenvalue weighted by molar-refractivity contribution is 8.01. The molecule has 2 N–H and O–H groups in total. The Morgan fingerprint density at radius 2 is 1.00 bits per heavy atom. The Kier molecular flexibility index (Phi) is 13.0. The van der Waals surface area contributed by atoms with Crippen molar-refractivity contribution < 1.29 is 19.2 Å². The van der Waals surface area contributed by atoms with E-state index in [1.807, 2.05) is 76.1 Å². The first kappa shape index (κ1) is 40.2. The molecule has 2 aliphatic rings. The first-order valence-electron chi connectivity index (χ1n) is 16.7. The van der Waals surface area contributed by atoms with Crippen molar-refractivity contribution >= 4 is 116 Å². The molecule has 2 aromatic heterocycles. The number of hydrogen-bond acceptors (Lipinski definition) is 8. The molecular formula is C40H28Cl4N4O4S4. The Morgan fingerprint density at radius 3 is 1.45 bits per heavy atom. The fraction of sp³-hybridized carbons (Fsp3) is 0.100. The van der Waals surface area contributed by atoms with E-state index in [0.29, 0.717) is 29.9 Å². The lowest BCUT2D eigenvalue weighted by Crippen LogP contribution is -2.39. The second-order valence-electron chi connectivity index (χ2n) is 12.3. The number of carbonyl (C=O) groups excluding carboxylic acids is 4. The molecule has 4 heterocycles. The zero-order chi connectivity index (χ0) is 39.3. The minimum atomic E-state index is -0.903. The van der Waals surface area contributed by atoms with Gasteiger partial charge < -0.3 is 0 Å². The number of nitrogens with one attached hydrogen (secondary N) is 2. The van der Waals surface area contributed by atoms with Crippen LogP contribution >= 0.6 is 92.6 Å². The first-order valence-corrected chi connectivity index (χ1v) is 21.9. The van der Waals surface area contributed by atoms with Gasteiger partial charge in [0.15, 0.2) is 10.5 Å². The van der Waals surface area contributed by atoms with Crippen LogP contribution < -0.4 is 10.9 Å². The predicted molar refractivity (Wildman–Crippen MR) is 227 cm³/mol. The summed E-state index contributed by atoms with van der Waals surface area (Å²) in [5.41, 5.74) is 9.00. The van der Waals surface area contributed by atoms with Crippen LogP contribution in [0.25, 0.3) is 0 Å². The standard InChI is InChI=1S/2C20H14Cl2N2O2S2/c21-14-5-3-4-12(10-14)17(13-8-9-27-11-13)24-20(26)18(19(25)23-24)28-16-7-2-1-6-15(16)22;21-14-7-5-12(6-8-14)17(13-9-10-27-11-13)24-20(26)18(19(25)23-24)28-16-4-2-1-3-15(16)22/h2*1-11,17-18H,(H,23,25). The number of halogens is 4. The lowest BCUT2D eigenvalue weighted by Gasteiger charge is -2.27. The monoisotopic (exact) mass is 896 g/mol. The average Bonchev–Trinajstić information content (AvgIpc) is 4.01. The van der Waals surface area contributed by atoms with E-state index in [1.165, 1.54) is 32.7 Å². The number of rotatable bonds is 10. The molecule has 2 fully saturated rings. The van der Waals surface area contributed by atoms with Crippen LogP contribution in [0.5, 0.6) is 0 Å². The van der Waals surface area contributed by atoms with Gasteiger partial charge in [0.05, 0.1) is 10.0 Å². The number of benzene rings is 4. The Balaban J connectivity index is 0.000000172. The number of thioether (sulfide) groups is 2. The Morgan fingerprint density at radius 1 is 0.518 bits per heavy atom. The lowest BCUT2D eigenvalue weighted by molar-refractivity contribution is -0.131. The van der Waals surface area contributed by atoms with E-state index in [4.69, 9.17) is 46.4 Å². The van der Waals surface area contributed by atoms with Crippen LogP contribution in [0.4, 0.5) is 0 Å². The van der Waals surface area contributed by atoms with Gasteiger partial charge in [-0.3, -0.25) is 30.0 Å².